The Morgan fingerprint density at radius 3 is 2.80 bits per heavy atom. The molecule has 0 rings (SSSR count). The fourth-order valence-corrected chi connectivity index (χ4v) is 1.35. The Morgan fingerprint density at radius 2 is 2.27 bits per heavy atom. The summed E-state index contributed by atoms with van der Waals surface area (Å²) in [5.41, 5.74) is 0. The molecule has 0 fully saturated rings. The summed E-state index contributed by atoms with van der Waals surface area (Å²) in [7, 11) is 1.87. The molecule has 0 saturated heterocycles. The van der Waals surface area contributed by atoms with Gasteiger partial charge in [-0.1, -0.05) is 18.4 Å². The molecular formula is C9H21N3OSY-2. The van der Waals surface area contributed by atoms with E-state index in [1.165, 1.54) is 0 Å². The summed E-state index contributed by atoms with van der Waals surface area (Å²) in [5.74, 6) is 0.784. The minimum atomic E-state index is 0. The van der Waals surface area contributed by atoms with E-state index in [1.807, 2.05) is 7.05 Å². The number of nitrogens with zero attached hydrogens (tertiary/aromatic N) is 1. The summed E-state index contributed by atoms with van der Waals surface area (Å²) in [6, 6.07) is 0.0839. The predicted octanol–water partition coefficient (Wildman–Crippen LogP) is 0.747. The molecule has 0 heterocycles. The van der Waals surface area contributed by atoms with Crippen molar-refractivity contribution in [3.8, 4) is 0 Å². The van der Waals surface area contributed by atoms with Crippen molar-refractivity contribution in [2.24, 2.45) is 0 Å². The van der Waals surface area contributed by atoms with Crippen LogP contribution in [0.15, 0.2) is 0 Å². The van der Waals surface area contributed by atoms with Crippen molar-refractivity contribution in [2.45, 2.75) is 18.9 Å². The van der Waals surface area contributed by atoms with Gasteiger partial charge in [0.2, 0.25) is 0 Å². The fraction of sp³-hybridized carbons (Fsp3) is 0.889. The van der Waals surface area contributed by atoms with Crippen molar-refractivity contribution < 1.29 is 37.8 Å². The fourth-order valence-electron chi connectivity index (χ4n) is 0.889. The third kappa shape index (κ3) is 13.2. The second-order valence-electron chi connectivity index (χ2n) is 2.91. The van der Waals surface area contributed by atoms with Crippen molar-refractivity contribution in [3.63, 3.8) is 0 Å². The summed E-state index contributed by atoms with van der Waals surface area (Å²) >= 11 is 1.57. The normalized spacial score (nSPS) is 12.2. The van der Waals surface area contributed by atoms with E-state index in [-0.39, 0.29) is 45.4 Å². The van der Waals surface area contributed by atoms with Crippen molar-refractivity contribution >= 4 is 11.9 Å². The first kappa shape index (κ1) is 18.7. The largest absolute Gasteiger partial charge is 0.661 e. The zero-order valence-corrected chi connectivity index (χ0v) is 13.1. The van der Waals surface area contributed by atoms with Crippen LogP contribution < -0.4 is 10.0 Å². The van der Waals surface area contributed by atoms with Gasteiger partial charge in [0.1, 0.15) is 0 Å². The summed E-state index contributed by atoms with van der Waals surface area (Å²) in [5, 5.41) is 16.5. The van der Waals surface area contributed by atoms with E-state index in [0.29, 0.717) is 6.54 Å². The van der Waals surface area contributed by atoms with Crippen LogP contribution in [0.5, 0.6) is 0 Å². The van der Waals surface area contributed by atoms with Crippen LogP contribution in [0.1, 0.15) is 12.8 Å². The van der Waals surface area contributed by atoms with Gasteiger partial charge in [-0.15, -0.1) is 6.54 Å². The first-order valence-electron chi connectivity index (χ1n) is 4.90. The Hall–Kier alpha value is 1.29. The van der Waals surface area contributed by atoms with Crippen LogP contribution in [0.2, 0.25) is 0 Å². The summed E-state index contributed by atoms with van der Waals surface area (Å²) in [6.45, 7) is 5.41. The molecule has 1 radical (unpaired) electrons. The number of rotatable bonds is 10. The van der Waals surface area contributed by atoms with Gasteiger partial charge < -0.3 is 22.7 Å². The summed E-state index contributed by atoms with van der Waals surface area (Å²) < 4.78 is 2.96. The monoisotopic (exact) mass is 308 g/mol. The Balaban J connectivity index is 0. The molecule has 1 unspecified atom stereocenters. The standard InChI is InChI=1S/C9H21N3OS.Y/c1-3-4-5-11-6-9(7-13)12-8-14-10-2;/h9-10,12-13H,1,3-8H2,2H3;/q-2;. The third-order valence-corrected chi connectivity index (χ3v) is 2.32. The van der Waals surface area contributed by atoms with Gasteiger partial charge in [0.15, 0.2) is 0 Å². The maximum absolute atomic E-state index is 9.02. The second-order valence-corrected chi connectivity index (χ2v) is 3.90. The molecule has 0 aliphatic rings. The number of unbranched alkanes of at least 4 members (excludes halogenated alkanes) is 1. The topological polar surface area (TPSA) is 58.4 Å². The summed E-state index contributed by atoms with van der Waals surface area (Å²) in [4.78, 5) is 0. The number of hydrogen-bond donors (Lipinski definition) is 3. The first-order valence-corrected chi connectivity index (χ1v) is 5.89. The van der Waals surface area contributed by atoms with Crippen LogP contribution >= 0.6 is 11.9 Å². The van der Waals surface area contributed by atoms with Crippen molar-refractivity contribution in [2.75, 3.05) is 32.6 Å². The van der Waals surface area contributed by atoms with Gasteiger partial charge >= 0.3 is 0 Å². The van der Waals surface area contributed by atoms with Gasteiger partial charge in [0, 0.05) is 38.8 Å². The number of nitrogens with one attached hydrogen (secondary N) is 2. The molecule has 0 saturated carbocycles. The van der Waals surface area contributed by atoms with Gasteiger partial charge in [-0.05, 0) is 7.05 Å². The molecule has 6 heteroatoms. The van der Waals surface area contributed by atoms with Crippen molar-refractivity contribution in [3.05, 3.63) is 12.2 Å². The minimum Gasteiger partial charge on any atom is -0.661 e. The Bertz CT molecular complexity index is 122. The van der Waals surface area contributed by atoms with Crippen LogP contribution in [0, 0.1) is 6.92 Å². The first-order chi connectivity index (χ1) is 6.85. The molecule has 3 N–H and O–H groups in total. The second kappa shape index (κ2) is 15.3. The molecule has 0 aliphatic carbocycles. The quantitative estimate of drug-likeness (QED) is 0.241. The van der Waals surface area contributed by atoms with E-state index in [9.17, 15) is 0 Å². The molecule has 4 nitrogen and oxygen atoms in total. The molecule has 0 aromatic rings. The molecular weight excluding hydrogens is 287 g/mol. The van der Waals surface area contributed by atoms with E-state index >= 15 is 0 Å². The van der Waals surface area contributed by atoms with Gasteiger partial charge in [-0.2, -0.15) is 13.0 Å². The van der Waals surface area contributed by atoms with E-state index in [4.69, 9.17) is 5.11 Å². The van der Waals surface area contributed by atoms with Crippen LogP contribution in [0.3, 0.4) is 0 Å². The molecule has 1 atom stereocenters. The van der Waals surface area contributed by atoms with Crippen molar-refractivity contribution in [1.82, 2.24) is 10.0 Å². The molecule has 15 heavy (non-hydrogen) atoms. The average molecular weight is 308 g/mol. The smallest absolute Gasteiger partial charge is 0.0568 e. The van der Waals surface area contributed by atoms with E-state index in [1.54, 1.807) is 11.9 Å². The summed E-state index contributed by atoms with van der Waals surface area (Å²) in [6.07, 6.45) is 1.96. The van der Waals surface area contributed by atoms with Crippen LogP contribution in [-0.2, 0) is 32.7 Å². The molecule has 0 aliphatic heterocycles. The average Bonchev–Trinajstić information content (AvgIpc) is 2.22. The van der Waals surface area contributed by atoms with Gasteiger partial charge in [0.25, 0.3) is 0 Å². The van der Waals surface area contributed by atoms with Crippen molar-refractivity contribution in [1.29, 1.82) is 0 Å². The molecule has 0 bridgehead atoms. The zero-order chi connectivity index (χ0) is 10.6. The maximum Gasteiger partial charge on any atom is 0.0568 e. The number of aliphatic hydroxyl groups excluding tert-OH is 1. The molecule has 89 valence electrons. The SMILES string of the molecule is [CH2-]CCC[N-]CC(CO)NCSNC.[Y]. The zero-order valence-electron chi connectivity index (χ0n) is 9.41. The Morgan fingerprint density at radius 1 is 1.53 bits per heavy atom. The predicted molar refractivity (Wildman–Crippen MR) is 63.2 cm³/mol. The molecule has 0 aromatic heterocycles. The van der Waals surface area contributed by atoms with Crippen LogP contribution in [0.4, 0.5) is 0 Å². The Labute approximate surface area is 123 Å². The van der Waals surface area contributed by atoms with Gasteiger partial charge in [0.05, 0.1) is 12.5 Å². The van der Waals surface area contributed by atoms with E-state index in [0.717, 1.165) is 25.3 Å². The molecule has 0 amide bonds. The van der Waals surface area contributed by atoms with E-state index in [2.05, 4.69) is 22.3 Å². The molecule has 0 spiro atoms. The minimum absolute atomic E-state index is 0. The maximum atomic E-state index is 9.02. The number of hydrogen-bond acceptors (Lipinski definition) is 4. The van der Waals surface area contributed by atoms with Gasteiger partial charge in [-0.25, -0.2) is 0 Å². The third-order valence-electron chi connectivity index (χ3n) is 1.72. The van der Waals surface area contributed by atoms with Crippen LogP contribution in [-0.4, -0.2) is 43.8 Å². The van der Waals surface area contributed by atoms with E-state index < -0.39 is 0 Å². The Kier molecular flexibility index (Phi) is 19.0. The van der Waals surface area contributed by atoms with Gasteiger partial charge in [-0.3, -0.25) is 4.72 Å². The molecule has 0 aromatic carbocycles. The van der Waals surface area contributed by atoms with Crippen LogP contribution in [0.25, 0.3) is 5.32 Å². The number of aliphatic hydroxyl groups is 1.